The Balaban J connectivity index is 2.09. The molecule has 0 aliphatic heterocycles. The lowest BCUT2D eigenvalue weighted by Crippen LogP contribution is -2.02. The van der Waals surface area contributed by atoms with Crippen LogP contribution in [0.1, 0.15) is 29.9 Å². The van der Waals surface area contributed by atoms with Gasteiger partial charge in [0.15, 0.2) is 5.82 Å². The Morgan fingerprint density at radius 2 is 1.90 bits per heavy atom. The van der Waals surface area contributed by atoms with Gasteiger partial charge in [-0.2, -0.15) is 0 Å². The van der Waals surface area contributed by atoms with Crippen molar-refractivity contribution in [2.75, 3.05) is 0 Å². The van der Waals surface area contributed by atoms with Crippen LogP contribution >= 0.6 is 11.6 Å². The summed E-state index contributed by atoms with van der Waals surface area (Å²) in [6.07, 6.45) is 8.20. The third kappa shape index (κ3) is 2.39. The topological polar surface area (TPSA) is 43.6 Å². The molecule has 0 saturated carbocycles. The minimum atomic E-state index is 0.517. The van der Waals surface area contributed by atoms with Gasteiger partial charge in [0.05, 0.1) is 0 Å². The van der Waals surface area contributed by atoms with Crippen LogP contribution in [0.5, 0.6) is 0 Å². The lowest BCUT2D eigenvalue weighted by atomic mass is 9.91. The molecule has 1 aliphatic carbocycles. The molecule has 0 N–H and O–H groups in total. The Kier molecular flexibility index (Phi) is 3.40. The van der Waals surface area contributed by atoms with Gasteiger partial charge in [-0.1, -0.05) is 23.8 Å². The minimum absolute atomic E-state index is 0.517. The molecule has 2 heterocycles. The predicted molar refractivity (Wildman–Crippen MR) is 80.2 cm³/mol. The van der Waals surface area contributed by atoms with Crippen LogP contribution in [0.15, 0.2) is 30.6 Å². The number of hydrogen-bond donors (Lipinski definition) is 0. The van der Waals surface area contributed by atoms with Crippen molar-refractivity contribution >= 4 is 22.7 Å². The lowest BCUT2D eigenvalue weighted by molar-refractivity contribution is 0.887. The molecule has 0 amide bonds. The second-order valence-electron chi connectivity index (χ2n) is 4.90. The molecule has 4 nitrogen and oxygen atoms in total. The molecule has 5 heteroatoms. The third-order valence-corrected chi connectivity index (χ3v) is 3.53. The molecule has 0 spiro atoms. The molecule has 0 bridgehead atoms. The highest BCUT2D eigenvalue weighted by atomic mass is 35.5. The summed E-state index contributed by atoms with van der Waals surface area (Å²) in [6, 6.07) is 3.95. The van der Waals surface area contributed by atoms with Crippen LogP contribution in [-0.2, 0) is 7.05 Å². The molecule has 0 radical (unpaired) electrons. The number of allylic oxidation sites excluding steroid dienone is 4. The zero-order valence-electron chi connectivity index (χ0n) is 11.5. The Morgan fingerprint density at radius 3 is 2.55 bits per heavy atom. The van der Waals surface area contributed by atoms with Crippen LogP contribution in [0, 0.1) is 6.92 Å². The van der Waals surface area contributed by atoms with Gasteiger partial charge in [-0.05, 0) is 43.0 Å². The Bertz CT molecular complexity index is 692. The molecule has 0 fully saturated rings. The molecule has 102 valence electrons. The van der Waals surface area contributed by atoms with Crippen molar-refractivity contribution in [3.63, 3.8) is 0 Å². The van der Waals surface area contributed by atoms with E-state index in [4.69, 9.17) is 11.6 Å². The van der Waals surface area contributed by atoms with Gasteiger partial charge >= 0.3 is 0 Å². The summed E-state index contributed by atoms with van der Waals surface area (Å²) in [7, 11) is 1.95. The molecule has 1 aliphatic rings. The maximum Gasteiger partial charge on any atom is 0.163 e. The van der Waals surface area contributed by atoms with Crippen molar-refractivity contribution in [2.24, 2.45) is 7.05 Å². The molecule has 3 rings (SSSR count). The van der Waals surface area contributed by atoms with Gasteiger partial charge in [-0.15, -0.1) is 10.2 Å². The first-order valence-electron chi connectivity index (χ1n) is 6.55. The first-order valence-corrected chi connectivity index (χ1v) is 6.92. The van der Waals surface area contributed by atoms with Crippen molar-refractivity contribution in [1.82, 2.24) is 19.7 Å². The fraction of sp³-hybridized carbons (Fsp3) is 0.267. The third-order valence-electron chi connectivity index (χ3n) is 3.34. The van der Waals surface area contributed by atoms with E-state index in [1.165, 1.54) is 0 Å². The summed E-state index contributed by atoms with van der Waals surface area (Å²) in [5.41, 5.74) is 4.26. The van der Waals surface area contributed by atoms with E-state index in [-0.39, 0.29) is 0 Å². The van der Waals surface area contributed by atoms with Crippen molar-refractivity contribution in [3.8, 4) is 0 Å². The number of pyridine rings is 1. The van der Waals surface area contributed by atoms with Gasteiger partial charge in [0.2, 0.25) is 0 Å². The molecule has 2 aromatic rings. The van der Waals surface area contributed by atoms with E-state index >= 15 is 0 Å². The van der Waals surface area contributed by atoms with Crippen LogP contribution in [0.3, 0.4) is 0 Å². The average molecular weight is 287 g/mol. The summed E-state index contributed by atoms with van der Waals surface area (Å²) in [5, 5.41) is 8.70. The quantitative estimate of drug-likeness (QED) is 0.795. The predicted octanol–water partition coefficient (Wildman–Crippen LogP) is 3.43. The Morgan fingerprint density at radius 1 is 1.15 bits per heavy atom. The monoisotopic (exact) mass is 286 g/mol. The van der Waals surface area contributed by atoms with Crippen LogP contribution in [-0.4, -0.2) is 19.7 Å². The normalized spacial score (nSPS) is 14.9. The van der Waals surface area contributed by atoms with Gasteiger partial charge in [-0.3, -0.25) is 0 Å². The first kappa shape index (κ1) is 13.1. The van der Waals surface area contributed by atoms with E-state index in [0.29, 0.717) is 5.15 Å². The Hall–Kier alpha value is -1.94. The summed E-state index contributed by atoms with van der Waals surface area (Å²) >= 11 is 6.08. The van der Waals surface area contributed by atoms with Gasteiger partial charge in [0, 0.05) is 18.3 Å². The van der Waals surface area contributed by atoms with Gasteiger partial charge in [-0.25, -0.2) is 4.98 Å². The number of aromatic nitrogens is 4. The molecule has 0 aromatic carbocycles. The molecular formula is C15H15ClN4. The highest BCUT2D eigenvalue weighted by molar-refractivity contribution is 6.29. The molecule has 0 saturated heterocycles. The molecule has 0 unspecified atom stereocenters. The van der Waals surface area contributed by atoms with Crippen LogP contribution in [0.25, 0.3) is 11.1 Å². The summed E-state index contributed by atoms with van der Waals surface area (Å²) in [5.74, 6) is 0.876. The fourth-order valence-electron chi connectivity index (χ4n) is 2.47. The van der Waals surface area contributed by atoms with Gasteiger partial charge in [0.25, 0.3) is 0 Å². The Labute approximate surface area is 122 Å². The van der Waals surface area contributed by atoms with E-state index < -0.39 is 0 Å². The number of nitrogens with zero attached hydrogens (tertiary/aromatic N) is 4. The van der Waals surface area contributed by atoms with Crippen LogP contribution < -0.4 is 0 Å². The minimum Gasteiger partial charge on any atom is -0.317 e. The highest BCUT2D eigenvalue weighted by Crippen LogP contribution is 2.35. The van der Waals surface area contributed by atoms with E-state index in [1.807, 2.05) is 30.7 Å². The van der Waals surface area contributed by atoms with E-state index in [2.05, 4.69) is 27.3 Å². The second-order valence-corrected chi connectivity index (χ2v) is 5.29. The van der Waals surface area contributed by atoms with Crippen LogP contribution in [0.2, 0.25) is 5.15 Å². The number of hydrogen-bond acceptors (Lipinski definition) is 3. The van der Waals surface area contributed by atoms with E-state index in [1.54, 1.807) is 6.33 Å². The summed E-state index contributed by atoms with van der Waals surface area (Å²) in [4.78, 5) is 4.22. The van der Waals surface area contributed by atoms with Crippen molar-refractivity contribution in [2.45, 2.75) is 19.8 Å². The average Bonchev–Trinajstić information content (AvgIpc) is 2.84. The smallest absolute Gasteiger partial charge is 0.163 e. The van der Waals surface area contributed by atoms with Crippen molar-refractivity contribution in [3.05, 3.63) is 52.8 Å². The lowest BCUT2D eigenvalue weighted by Gasteiger charge is -2.16. The number of rotatable bonds is 2. The molecule has 20 heavy (non-hydrogen) atoms. The van der Waals surface area contributed by atoms with Crippen molar-refractivity contribution < 1.29 is 0 Å². The SMILES string of the molecule is Cc1cc(C2=CCCC=C2c2nncn2C)cc(Cl)n1. The maximum absolute atomic E-state index is 6.08. The van der Waals surface area contributed by atoms with Crippen molar-refractivity contribution in [1.29, 1.82) is 0 Å². The summed E-state index contributed by atoms with van der Waals surface area (Å²) in [6.45, 7) is 1.95. The molecular weight excluding hydrogens is 272 g/mol. The fourth-order valence-corrected chi connectivity index (χ4v) is 2.72. The molecule has 2 aromatic heterocycles. The maximum atomic E-state index is 6.08. The summed E-state index contributed by atoms with van der Waals surface area (Å²) < 4.78 is 1.93. The second kappa shape index (κ2) is 5.21. The largest absolute Gasteiger partial charge is 0.317 e. The van der Waals surface area contributed by atoms with Crippen LogP contribution in [0.4, 0.5) is 0 Å². The van der Waals surface area contributed by atoms with E-state index in [9.17, 15) is 0 Å². The number of halogens is 1. The molecule has 0 atom stereocenters. The van der Waals surface area contributed by atoms with E-state index in [0.717, 1.165) is 41.1 Å². The zero-order valence-corrected chi connectivity index (χ0v) is 12.2. The van der Waals surface area contributed by atoms with Gasteiger partial charge in [0.1, 0.15) is 11.5 Å². The standard InChI is InChI=1S/C15H15ClN4/c1-10-7-11(8-14(16)18-10)12-5-3-4-6-13(12)15-19-17-9-20(15)2/h5-9H,3-4H2,1-2H3. The first-order chi connectivity index (χ1) is 9.65. The number of aryl methyl sites for hydroxylation is 2. The highest BCUT2D eigenvalue weighted by Gasteiger charge is 2.17. The van der Waals surface area contributed by atoms with Gasteiger partial charge < -0.3 is 4.57 Å². The zero-order chi connectivity index (χ0) is 14.1.